The number of ether oxygens (including phenoxy) is 1. The molecule has 2 aliphatic carbocycles. The van der Waals surface area contributed by atoms with E-state index in [1.807, 2.05) is 13.8 Å². The lowest BCUT2D eigenvalue weighted by Crippen LogP contribution is -2.45. The zero-order valence-corrected chi connectivity index (χ0v) is 12.9. The standard InChI is InChI=1S/C15H23N3O3/c1-9(2)13-16-14(18-21-13)15(6-4-5-7-15)17-12(19)10-8-11(10)20-3/h9-11H,4-8H2,1-3H3,(H,17,19)/t10-,11-/m1/s1. The molecule has 1 N–H and O–H groups in total. The Balaban J connectivity index is 1.77. The Bertz CT molecular complexity index is 520. The largest absolute Gasteiger partial charge is 0.381 e. The fourth-order valence-electron chi connectivity index (χ4n) is 3.08. The van der Waals surface area contributed by atoms with E-state index in [-0.39, 0.29) is 23.8 Å². The molecular formula is C15H23N3O3. The third-order valence-electron chi connectivity index (χ3n) is 4.55. The first-order valence-electron chi connectivity index (χ1n) is 7.74. The third kappa shape index (κ3) is 2.69. The van der Waals surface area contributed by atoms with Crippen molar-refractivity contribution in [3.05, 3.63) is 11.7 Å². The molecule has 2 fully saturated rings. The van der Waals surface area contributed by atoms with E-state index >= 15 is 0 Å². The molecule has 6 nitrogen and oxygen atoms in total. The Kier molecular flexibility index (Phi) is 3.73. The van der Waals surface area contributed by atoms with E-state index in [0.29, 0.717) is 11.7 Å². The van der Waals surface area contributed by atoms with Gasteiger partial charge < -0.3 is 14.6 Å². The highest BCUT2D eigenvalue weighted by atomic mass is 16.5. The molecule has 116 valence electrons. The number of hydrogen-bond donors (Lipinski definition) is 1. The van der Waals surface area contributed by atoms with Crippen molar-refractivity contribution in [2.24, 2.45) is 5.92 Å². The van der Waals surface area contributed by atoms with Gasteiger partial charge in [0.1, 0.15) is 5.54 Å². The zero-order chi connectivity index (χ0) is 15.0. The van der Waals surface area contributed by atoms with Gasteiger partial charge in [0.05, 0.1) is 12.0 Å². The molecule has 2 atom stereocenters. The summed E-state index contributed by atoms with van der Waals surface area (Å²) in [5.74, 6) is 1.49. The van der Waals surface area contributed by atoms with Crippen molar-refractivity contribution in [2.75, 3.05) is 7.11 Å². The highest BCUT2D eigenvalue weighted by Crippen LogP contribution is 2.40. The minimum absolute atomic E-state index is 0.0241. The van der Waals surface area contributed by atoms with E-state index in [9.17, 15) is 4.79 Å². The Hall–Kier alpha value is -1.43. The highest BCUT2D eigenvalue weighted by molar-refractivity contribution is 5.82. The van der Waals surface area contributed by atoms with E-state index in [2.05, 4.69) is 15.5 Å². The average molecular weight is 293 g/mol. The lowest BCUT2D eigenvalue weighted by atomic mass is 9.96. The van der Waals surface area contributed by atoms with E-state index in [1.54, 1.807) is 7.11 Å². The molecule has 6 heteroatoms. The Labute approximate surface area is 124 Å². The molecule has 0 spiro atoms. The van der Waals surface area contributed by atoms with E-state index in [4.69, 9.17) is 9.26 Å². The number of carbonyl (C=O) groups excluding carboxylic acids is 1. The van der Waals surface area contributed by atoms with Gasteiger partial charge in [-0.2, -0.15) is 4.98 Å². The van der Waals surface area contributed by atoms with Crippen LogP contribution in [0.4, 0.5) is 0 Å². The van der Waals surface area contributed by atoms with Crippen LogP contribution in [0, 0.1) is 5.92 Å². The zero-order valence-electron chi connectivity index (χ0n) is 12.9. The highest BCUT2D eigenvalue weighted by Gasteiger charge is 2.48. The Morgan fingerprint density at radius 1 is 1.43 bits per heavy atom. The predicted molar refractivity (Wildman–Crippen MR) is 75.6 cm³/mol. The van der Waals surface area contributed by atoms with Gasteiger partial charge in [0.2, 0.25) is 11.8 Å². The summed E-state index contributed by atoms with van der Waals surface area (Å²) in [7, 11) is 1.65. The number of aromatic nitrogens is 2. The Morgan fingerprint density at radius 2 is 2.14 bits per heavy atom. The van der Waals surface area contributed by atoms with Gasteiger partial charge in [-0.3, -0.25) is 4.79 Å². The first-order chi connectivity index (χ1) is 10.1. The van der Waals surface area contributed by atoms with E-state index in [0.717, 1.165) is 32.1 Å². The summed E-state index contributed by atoms with van der Waals surface area (Å²) in [4.78, 5) is 16.9. The summed E-state index contributed by atoms with van der Waals surface area (Å²) in [5.41, 5.74) is -0.450. The van der Waals surface area contributed by atoms with Crippen LogP contribution in [0.1, 0.15) is 63.6 Å². The lowest BCUT2D eigenvalue weighted by Gasteiger charge is -2.26. The third-order valence-corrected chi connectivity index (χ3v) is 4.55. The molecule has 1 aromatic rings. The van der Waals surface area contributed by atoms with Crippen molar-refractivity contribution in [1.82, 2.24) is 15.5 Å². The summed E-state index contributed by atoms with van der Waals surface area (Å²) in [5, 5.41) is 7.31. The molecule has 1 heterocycles. The van der Waals surface area contributed by atoms with Crippen LogP contribution >= 0.6 is 0 Å². The molecule has 0 unspecified atom stereocenters. The van der Waals surface area contributed by atoms with E-state index in [1.165, 1.54) is 0 Å². The normalized spacial score (nSPS) is 27.0. The number of rotatable bonds is 5. The number of methoxy groups -OCH3 is 1. The van der Waals surface area contributed by atoms with Gasteiger partial charge in [0, 0.05) is 13.0 Å². The Morgan fingerprint density at radius 3 is 2.67 bits per heavy atom. The monoisotopic (exact) mass is 293 g/mol. The van der Waals surface area contributed by atoms with Crippen molar-refractivity contribution >= 4 is 5.91 Å². The molecular weight excluding hydrogens is 270 g/mol. The predicted octanol–water partition coefficient (Wildman–Crippen LogP) is 2.11. The molecule has 0 aromatic carbocycles. The molecule has 0 bridgehead atoms. The van der Waals surface area contributed by atoms with Crippen LogP contribution < -0.4 is 5.32 Å². The number of nitrogens with zero attached hydrogens (tertiary/aromatic N) is 2. The SMILES string of the molecule is CO[C@@H]1C[C@H]1C(=O)NC1(c2noc(C(C)C)n2)CCCC1. The van der Waals surface area contributed by atoms with Crippen LogP contribution in [0.3, 0.4) is 0 Å². The van der Waals surface area contributed by atoms with Gasteiger partial charge in [-0.25, -0.2) is 0 Å². The molecule has 0 radical (unpaired) electrons. The number of carbonyl (C=O) groups is 1. The van der Waals surface area contributed by atoms with Crippen LogP contribution in [0.2, 0.25) is 0 Å². The van der Waals surface area contributed by atoms with Crippen molar-refractivity contribution in [2.45, 2.75) is 63.5 Å². The van der Waals surface area contributed by atoms with Gasteiger partial charge in [0.15, 0.2) is 5.82 Å². The molecule has 1 amide bonds. The summed E-state index contributed by atoms with van der Waals surface area (Å²) in [6.45, 7) is 4.04. The summed E-state index contributed by atoms with van der Waals surface area (Å²) >= 11 is 0. The van der Waals surface area contributed by atoms with Crippen molar-refractivity contribution in [3.8, 4) is 0 Å². The molecule has 1 aromatic heterocycles. The van der Waals surface area contributed by atoms with Crippen LogP contribution in [0.15, 0.2) is 4.52 Å². The van der Waals surface area contributed by atoms with Crippen LogP contribution in [-0.4, -0.2) is 29.3 Å². The van der Waals surface area contributed by atoms with Gasteiger partial charge in [0.25, 0.3) is 0 Å². The maximum atomic E-state index is 12.4. The fraction of sp³-hybridized carbons (Fsp3) is 0.800. The molecule has 0 saturated heterocycles. The number of hydrogen-bond acceptors (Lipinski definition) is 5. The second-order valence-corrected chi connectivity index (χ2v) is 6.51. The van der Waals surface area contributed by atoms with Gasteiger partial charge in [-0.05, 0) is 19.3 Å². The first kappa shape index (κ1) is 14.5. The smallest absolute Gasteiger partial charge is 0.229 e. The van der Waals surface area contributed by atoms with Crippen molar-refractivity contribution in [1.29, 1.82) is 0 Å². The topological polar surface area (TPSA) is 77.2 Å². The molecule has 21 heavy (non-hydrogen) atoms. The van der Waals surface area contributed by atoms with Crippen LogP contribution in [0.5, 0.6) is 0 Å². The maximum absolute atomic E-state index is 12.4. The summed E-state index contributed by atoms with van der Waals surface area (Å²) in [6, 6.07) is 0. The number of nitrogens with one attached hydrogen (secondary N) is 1. The van der Waals surface area contributed by atoms with Crippen LogP contribution in [0.25, 0.3) is 0 Å². The quantitative estimate of drug-likeness (QED) is 0.899. The van der Waals surface area contributed by atoms with Crippen LogP contribution in [-0.2, 0) is 15.1 Å². The maximum Gasteiger partial charge on any atom is 0.229 e. The summed E-state index contributed by atoms with van der Waals surface area (Å²) < 4.78 is 10.5. The first-order valence-corrected chi connectivity index (χ1v) is 7.74. The molecule has 3 rings (SSSR count). The second kappa shape index (κ2) is 5.40. The van der Waals surface area contributed by atoms with Gasteiger partial charge in [-0.15, -0.1) is 0 Å². The molecule has 0 aliphatic heterocycles. The average Bonchev–Trinajstić information content (AvgIpc) is 2.87. The fourth-order valence-corrected chi connectivity index (χ4v) is 3.08. The van der Waals surface area contributed by atoms with Gasteiger partial charge >= 0.3 is 0 Å². The number of amides is 1. The minimum atomic E-state index is -0.450. The second-order valence-electron chi connectivity index (χ2n) is 6.51. The van der Waals surface area contributed by atoms with Crippen molar-refractivity contribution in [3.63, 3.8) is 0 Å². The minimum Gasteiger partial charge on any atom is -0.381 e. The lowest BCUT2D eigenvalue weighted by molar-refractivity contribution is -0.125. The van der Waals surface area contributed by atoms with E-state index < -0.39 is 5.54 Å². The molecule has 2 saturated carbocycles. The summed E-state index contributed by atoms with van der Waals surface area (Å²) in [6.07, 6.45) is 4.77. The molecule has 2 aliphatic rings. The van der Waals surface area contributed by atoms with Crippen molar-refractivity contribution < 1.29 is 14.1 Å². The van der Waals surface area contributed by atoms with Gasteiger partial charge in [-0.1, -0.05) is 31.8 Å².